The second-order valence-electron chi connectivity index (χ2n) is 10.7. The van der Waals surface area contributed by atoms with E-state index in [-0.39, 0.29) is 6.10 Å². The van der Waals surface area contributed by atoms with Gasteiger partial charge in [-0.15, -0.1) is 0 Å². The molecule has 0 amide bonds. The maximum absolute atomic E-state index is 10.6. The molecule has 4 atom stereocenters. The molecule has 0 aromatic heterocycles. The molecule has 0 aromatic carbocycles. The Kier molecular flexibility index (Phi) is 5.51. The maximum atomic E-state index is 10.6. The van der Waals surface area contributed by atoms with Crippen LogP contribution in [0.4, 0.5) is 0 Å². The minimum Gasteiger partial charge on any atom is -0.393 e. The van der Waals surface area contributed by atoms with Gasteiger partial charge in [0.05, 0.1) is 24.4 Å². The minimum atomic E-state index is -0.175. The highest BCUT2D eigenvalue weighted by atomic mass is 16.3. The monoisotopic (exact) mass is 349 g/mol. The van der Waals surface area contributed by atoms with Gasteiger partial charge in [-0.3, -0.25) is 0 Å². The number of nitrogens with one attached hydrogen (secondary N) is 1. The number of hydrogen-bond donors (Lipinski definition) is 2. The predicted molar refractivity (Wildman–Crippen MR) is 104 cm³/mol. The van der Waals surface area contributed by atoms with Crippen molar-refractivity contribution >= 4 is 5.71 Å². The minimum absolute atomic E-state index is 0.175. The van der Waals surface area contributed by atoms with E-state index in [1.807, 2.05) is 0 Å². The Morgan fingerprint density at radius 1 is 1.12 bits per heavy atom. The summed E-state index contributed by atoms with van der Waals surface area (Å²) < 4.78 is 0. The van der Waals surface area contributed by atoms with Crippen LogP contribution in [0.15, 0.2) is 5.10 Å². The van der Waals surface area contributed by atoms with Crippen molar-refractivity contribution in [3.63, 3.8) is 0 Å². The van der Waals surface area contributed by atoms with E-state index in [0.717, 1.165) is 32.2 Å². The van der Waals surface area contributed by atoms with E-state index in [1.165, 1.54) is 31.4 Å². The first-order chi connectivity index (χ1) is 11.6. The van der Waals surface area contributed by atoms with Crippen LogP contribution in [-0.2, 0) is 0 Å². The molecule has 1 aliphatic heterocycles. The molecule has 3 aliphatic rings. The van der Waals surface area contributed by atoms with E-state index in [2.05, 4.69) is 45.2 Å². The third-order valence-electron chi connectivity index (χ3n) is 6.57. The zero-order chi connectivity index (χ0) is 18.2. The van der Waals surface area contributed by atoms with Crippen molar-refractivity contribution in [2.45, 2.75) is 98.1 Å². The molecule has 0 radical (unpaired) electrons. The van der Waals surface area contributed by atoms with Gasteiger partial charge < -0.3 is 5.11 Å². The van der Waals surface area contributed by atoms with Gasteiger partial charge >= 0.3 is 0 Å². The fraction of sp³-hybridized carbons (Fsp3) is 0.952. The van der Waals surface area contributed by atoms with Crippen LogP contribution in [0, 0.1) is 22.7 Å². The summed E-state index contributed by atoms with van der Waals surface area (Å²) in [5.41, 5.74) is 5.59. The van der Waals surface area contributed by atoms with Crippen LogP contribution >= 0.6 is 0 Å². The lowest BCUT2D eigenvalue weighted by Crippen LogP contribution is -2.45. The van der Waals surface area contributed by atoms with E-state index < -0.39 is 0 Å². The van der Waals surface area contributed by atoms with Gasteiger partial charge in [0, 0.05) is 5.92 Å². The number of hydrogen-bond acceptors (Lipinski definition) is 4. The lowest BCUT2D eigenvalue weighted by Gasteiger charge is -2.45. The molecular weight excluding hydrogens is 310 g/mol. The van der Waals surface area contributed by atoms with Crippen molar-refractivity contribution in [3.8, 4) is 0 Å². The summed E-state index contributed by atoms with van der Waals surface area (Å²) in [6.45, 7) is 12.7. The molecule has 3 rings (SSSR count). The molecule has 4 unspecified atom stereocenters. The number of hydrazine groups is 1. The van der Waals surface area contributed by atoms with Crippen molar-refractivity contribution in [1.82, 2.24) is 10.5 Å². The van der Waals surface area contributed by atoms with Crippen LogP contribution in [0.2, 0.25) is 0 Å². The summed E-state index contributed by atoms with van der Waals surface area (Å²) in [5, 5.41) is 17.5. The third kappa shape index (κ3) is 4.77. The van der Waals surface area contributed by atoms with Crippen molar-refractivity contribution < 1.29 is 5.11 Å². The van der Waals surface area contributed by atoms with Crippen LogP contribution in [0.5, 0.6) is 0 Å². The summed E-state index contributed by atoms with van der Waals surface area (Å²) in [5.74, 6) is 1.02. The number of aliphatic hydroxyl groups excluding tert-OH is 1. The fourth-order valence-corrected chi connectivity index (χ4v) is 5.60. The molecule has 0 aromatic rings. The smallest absolute Gasteiger partial charge is 0.0679 e. The maximum Gasteiger partial charge on any atom is 0.0679 e. The Morgan fingerprint density at radius 2 is 1.88 bits per heavy atom. The third-order valence-corrected chi connectivity index (χ3v) is 6.57. The first kappa shape index (κ1) is 19.2. The standard InChI is InChI=1S/C21H39N3O/c1-20(2,3)14-21(4,5)16-10-11-19(25)15(12-16)13-24-22-17-8-6-7-9-18(17)23-24/h15-17,19,22,25H,6-14H2,1-5H3. The number of nitrogens with zero attached hydrogens (tertiary/aromatic N) is 2. The molecule has 4 heteroatoms. The molecule has 144 valence electrons. The van der Waals surface area contributed by atoms with Crippen molar-refractivity contribution in [3.05, 3.63) is 0 Å². The second-order valence-corrected chi connectivity index (χ2v) is 10.7. The molecule has 2 aliphatic carbocycles. The van der Waals surface area contributed by atoms with Gasteiger partial charge in [-0.25, -0.2) is 10.5 Å². The number of aliphatic hydroxyl groups is 1. The van der Waals surface area contributed by atoms with Crippen molar-refractivity contribution in [1.29, 1.82) is 0 Å². The molecule has 0 bridgehead atoms. The second kappa shape index (κ2) is 7.19. The summed E-state index contributed by atoms with van der Waals surface area (Å²) in [7, 11) is 0. The van der Waals surface area contributed by atoms with Crippen LogP contribution in [-0.4, -0.2) is 34.6 Å². The van der Waals surface area contributed by atoms with E-state index in [4.69, 9.17) is 5.10 Å². The van der Waals surface area contributed by atoms with E-state index >= 15 is 0 Å². The zero-order valence-corrected chi connectivity index (χ0v) is 17.0. The molecule has 25 heavy (non-hydrogen) atoms. The molecular formula is C21H39N3O. The topological polar surface area (TPSA) is 47.9 Å². The van der Waals surface area contributed by atoms with Gasteiger partial charge in [-0.05, 0) is 61.7 Å². The van der Waals surface area contributed by atoms with Gasteiger partial charge in [0.25, 0.3) is 0 Å². The van der Waals surface area contributed by atoms with Crippen molar-refractivity contribution in [2.75, 3.05) is 6.54 Å². The van der Waals surface area contributed by atoms with Gasteiger partial charge in [0.2, 0.25) is 0 Å². The summed E-state index contributed by atoms with van der Waals surface area (Å²) >= 11 is 0. The largest absolute Gasteiger partial charge is 0.393 e. The molecule has 2 fully saturated rings. The molecule has 1 heterocycles. The van der Waals surface area contributed by atoms with Crippen LogP contribution in [0.1, 0.15) is 86.0 Å². The Hall–Kier alpha value is -0.610. The molecule has 0 saturated heterocycles. The van der Waals surface area contributed by atoms with Crippen LogP contribution in [0.25, 0.3) is 0 Å². The Bertz CT molecular complexity index is 494. The molecule has 2 N–H and O–H groups in total. The number of rotatable bonds is 4. The van der Waals surface area contributed by atoms with Crippen LogP contribution < -0.4 is 5.43 Å². The molecule has 2 saturated carbocycles. The van der Waals surface area contributed by atoms with E-state index in [1.54, 1.807) is 0 Å². The first-order valence-electron chi connectivity index (χ1n) is 10.4. The summed E-state index contributed by atoms with van der Waals surface area (Å²) in [6, 6.07) is 0.461. The summed E-state index contributed by atoms with van der Waals surface area (Å²) in [4.78, 5) is 0. The average molecular weight is 350 g/mol. The van der Waals surface area contributed by atoms with Gasteiger partial charge in [-0.2, -0.15) is 5.10 Å². The van der Waals surface area contributed by atoms with Crippen molar-refractivity contribution in [2.24, 2.45) is 27.8 Å². The van der Waals surface area contributed by atoms with E-state index in [0.29, 0.717) is 28.7 Å². The SMILES string of the molecule is CC(C)(C)CC(C)(C)C1CCC(O)C(CN2N=C3CCCCC3N2)C1. The Morgan fingerprint density at radius 3 is 2.56 bits per heavy atom. The lowest BCUT2D eigenvalue weighted by molar-refractivity contribution is -0.0158. The number of fused-ring (bicyclic) bond motifs is 1. The summed E-state index contributed by atoms with van der Waals surface area (Å²) in [6.07, 6.45) is 9.22. The van der Waals surface area contributed by atoms with Crippen LogP contribution in [0.3, 0.4) is 0 Å². The van der Waals surface area contributed by atoms with E-state index in [9.17, 15) is 5.11 Å². The highest BCUT2D eigenvalue weighted by molar-refractivity contribution is 5.90. The normalized spacial score (nSPS) is 34.0. The van der Waals surface area contributed by atoms with Gasteiger partial charge in [0.15, 0.2) is 0 Å². The Labute approximate surface area is 154 Å². The highest BCUT2D eigenvalue weighted by Crippen LogP contribution is 2.46. The fourth-order valence-electron chi connectivity index (χ4n) is 5.60. The molecule has 4 nitrogen and oxygen atoms in total. The first-order valence-corrected chi connectivity index (χ1v) is 10.4. The molecule has 0 spiro atoms. The van der Waals surface area contributed by atoms with Gasteiger partial charge in [-0.1, -0.05) is 41.0 Å². The highest BCUT2D eigenvalue weighted by Gasteiger charge is 2.40. The van der Waals surface area contributed by atoms with Gasteiger partial charge in [0.1, 0.15) is 0 Å². The predicted octanol–water partition coefficient (Wildman–Crippen LogP) is 4.34. The average Bonchev–Trinajstić information content (AvgIpc) is 2.89. The quantitative estimate of drug-likeness (QED) is 0.793. The zero-order valence-electron chi connectivity index (χ0n) is 17.0. The Balaban J connectivity index is 1.60. The lowest BCUT2D eigenvalue weighted by atomic mass is 9.62. The number of hydrazone groups is 1.